The molecule has 1 saturated heterocycles. The van der Waals surface area contributed by atoms with E-state index in [1.165, 1.54) is 22.5 Å². The van der Waals surface area contributed by atoms with Crippen molar-refractivity contribution in [1.29, 1.82) is 0 Å². The van der Waals surface area contributed by atoms with E-state index in [1.807, 2.05) is 24.3 Å². The number of hydrogen-bond acceptors (Lipinski definition) is 4. The van der Waals surface area contributed by atoms with Gasteiger partial charge in [-0.05, 0) is 55.3 Å². The van der Waals surface area contributed by atoms with Gasteiger partial charge >= 0.3 is 0 Å². The van der Waals surface area contributed by atoms with Crippen molar-refractivity contribution in [2.24, 2.45) is 0 Å². The number of aromatic amines is 1. The quantitative estimate of drug-likeness (QED) is 0.499. The lowest BCUT2D eigenvalue weighted by atomic mass is 10.1. The Morgan fingerprint density at radius 2 is 1.88 bits per heavy atom. The molecule has 2 amide bonds. The Labute approximate surface area is 186 Å². The molecule has 1 fully saturated rings. The van der Waals surface area contributed by atoms with Crippen LogP contribution in [-0.4, -0.2) is 48.7 Å². The number of para-hydroxylation sites is 1. The van der Waals surface area contributed by atoms with E-state index in [1.54, 1.807) is 18.2 Å². The number of nitrogens with one attached hydrogen (secondary N) is 3. The Morgan fingerprint density at radius 1 is 1.12 bits per heavy atom. The first-order valence-corrected chi connectivity index (χ1v) is 11.7. The number of anilines is 1. The van der Waals surface area contributed by atoms with E-state index in [4.69, 9.17) is 0 Å². The number of H-pyrrole nitrogens is 1. The fraction of sp³-hybridized carbons (Fsp3) is 0.217. The van der Waals surface area contributed by atoms with Crippen LogP contribution in [0.4, 0.5) is 5.69 Å². The van der Waals surface area contributed by atoms with E-state index in [0.717, 1.165) is 10.9 Å². The van der Waals surface area contributed by atoms with Gasteiger partial charge in [0.1, 0.15) is 5.69 Å². The molecular weight excluding hydrogens is 428 g/mol. The zero-order chi connectivity index (χ0) is 22.7. The van der Waals surface area contributed by atoms with Gasteiger partial charge in [-0.15, -0.1) is 0 Å². The third-order valence-corrected chi connectivity index (χ3v) is 7.32. The van der Waals surface area contributed by atoms with Gasteiger partial charge in [-0.3, -0.25) is 9.59 Å². The first-order chi connectivity index (χ1) is 15.4. The Kier molecular flexibility index (Phi) is 6.11. The number of hydrogen-bond donors (Lipinski definition) is 3. The molecule has 1 aliphatic heterocycles. The van der Waals surface area contributed by atoms with Gasteiger partial charge in [-0.2, -0.15) is 4.31 Å². The maximum Gasteiger partial charge on any atom is 0.272 e. The van der Waals surface area contributed by atoms with Crippen molar-refractivity contribution in [2.45, 2.75) is 23.8 Å². The minimum atomic E-state index is -3.71. The number of sulfonamides is 1. The molecule has 0 bridgehead atoms. The summed E-state index contributed by atoms with van der Waals surface area (Å²) >= 11 is 0. The van der Waals surface area contributed by atoms with Gasteiger partial charge in [-0.1, -0.05) is 24.8 Å². The summed E-state index contributed by atoms with van der Waals surface area (Å²) in [6.45, 7) is 4.02. The molecule has 0 aliphatic carbocycles. The highest BCUT2D eigenvalue weighted by Gasteiger charge is 2.30. The topological polar surface area (TPSA) is 111 Å². The number of aromatic nitrogens is 1. The van der Waals surface area contributed by atoms with Gasteiger partial charge in [0.2, 0.25) is 15.9 Å². The maximum atomic E-state index is 13.0. The molecule has 2 aromatic carbocycles. The zero-order valence-corrected chi connectivity index (χ0v) is 18.2. The van der Waals surface area contributed by atoms with Crippen LogP contribution in [0.1, 0.15) is 23.3 Å². The average molecular weight is 453 g/mol. The van der Waals surface area contributed by atoms with Gasteiger partial charge in [-0.25, -0.2) is 8.42 Å². The van der Waals surface area contributed by atoms with E-state index in [-0.39, 0.29) is 29.3 Å². The van der Waals surface area contributed by atoms with Crippen LogP contribution in [0, 0.1) is 0 Å². The van der Waals surface area contributed by atoms with Crippen LogP contribution in [-0.2, 0) is 14.8 Å². The summed E-state index contributed by atoms with van der Waals surface area (Å²) in [5, 5.41) is 6.47. The summed E-state index contributed by atoms with van der Waals surface area (Å²) in [7, 11) is -3.71. The summed E-state index contributed by atoms with van der Waals surface area (Å²) in [4.78, 5) is 27.3. The van der Waals surface area contributed by atoms with Crippen molar-refractivity contribution >= 4 is 38.4 Å². The number of benzene rings is 2. The second-order valence-electron chi connectivity index (χ2n) is 7.66. The second-order valence-corrected chi connectivity index (χ2v) is 9.60. The molecule has 4 rings (SSSR count). The Hall–Kier alpha value is -3.43. The van der Waals surface area contributed by atoms with E-state index >= 15 is 0 Å². The number of rotatable bonds is 6. The molecule has 8 nitrogen and oxygen atoms in total. The monoisotopic (exact) mass is 452 g/mol. The van der Waals surface area contributed by atoms with Crippen molar-refractivity contribution in [1.82, 2.24) is 14.6 Å². The summed E-state index contributed by atoms with van der Waals surface area (Å²) in [5.74, 6) is -0.627. The van der Waals surface area contributed by atoms with E-state index in [0.29, 0.717) is 30.8 Å². The molecule has 9 heteroatoms. The maximum absolute atomic E-state index is 13.0. The average Bonchev–Trinajstić information content (AvgIpc) is 3.24. The summed E-state index contributed by atoms with van der Waals surface area (Å²) in [5.41, 5.74) is 1.77. The highest BCUT2D eigenvalue weighted by atomic mass is 32.2. The lowest BCUT2D eigenvalue weighted by molar-refractivity contribution is -0.117. The number of piperidine rings is 1. The van der Waals surface area contributed by atoms with Crippen LogP contribution >= 0.6 is 0 Å². The van der Waals surface area contributed by atoms with Gasteiger partial charge in [0.05, 0.1) is 4.90 Å². The summed E-state index contributed by atoms with van der Waals surface area (Å²) in [6, 6.07) is 15.2. The molecule has 166 valence electrons. The molecule has 32 heavy (non-hydrogen) atoms. The first-order valence-electron chi connectivity index (χ1n) is 10.3. The lowest BCUT2D eigenvalue weighted by Crippen LogP contribution is -2.49. The molecule has 3 N–H and O–H groups in total. The highest BCUT2D eigenvalue weighted by molar-refractivity contribution is 7.89. The second kappa shape index (κ2) is 8.97. The van der Waals surface area contributed by atoms with Crippen molar-refractivity contribution in [2.75, 3.05) is 18.4 Å². The van der Waals surface area contributed by atoms with E-state index in [2.05, 4.69) is 22.2 Å². The standard InChI is InChI=1S/C23H24N4O4S/c1-2-22(28)24-18-7-5-13-27(15-18)32(30,31)19-11-9-17(10-12-19)25-23(29)21-14-16-6-3-4-8-20(16)26-21/h2-4,6,8-12,14,18,26H,1,5,7,13,15H2,(H,24,28)(H,25,29)/t18-/m0/s1. The predicted octanol–water partition coefficient (Wildman–Crippen LogP) is 2.88. The van der Waals surface area contributed by atoms with Crippen molar-refractivity contribution in [3.63, 3.8) is 0 Å². The molecular formula is C23H24N4O4S. The molecule has 2 heterocycles. The van der Waals surface area contributed by atoms with Crippen molar-refractivity contribution in [3.05, 3.63) is 72.9 Å². The Bertz CT molecular complexity index is 1230. The molecule has 3 aromatic rings. The summed E-state index contributed by atoms with van der Waals surface area (Å²) in [6.07, 6.45) is 2.54. The van der Waals surface area contributed by atoms with E-state index < -0.39 is 10.0 Å². The predicted molar refractivity (Wildman–Crippen MR) is 123 cm³/mol. The third kappa shape index (κ3) is 4.58. The molecule has 0 radical (unpaired) electrons. The summed E-state index contributed by atoms with van der Waals surface area (Å²) < 4.78 is 27.5. The molecule has 0 unspecified atom stereocenters. The molecule has 1 aliphatic rings. The first kappa shape index (κ1) is 21.8. The van der Waals surface area contributed by atoms with E-state index in [9.17, 15) is 18.0 Å². The molecule has 1 aromatic heterocycles. The fourth-order valence-electron chi connectivity index (χ4n) is 3.79. The Balaban J connectivity index is 1.44. The van der Waals surface area contributed by atoms with Crippen LogP contribution in [0.15, 0.2) is 72.1 Å². The van der Waals surface area contributed by atoms with Crippen LogP contribution in [0.25, 0.3) is 10.9 Å². The van der Waals surface area contributed by atoms with Crippen LogP contribution in [0.2, 0.25) is 0 Å². The van der Waals surface area contributed by atoms with Gasteiger partial charge in [0.15, 0.2) is 0 Å². The number of carbonyl (C=O) groups excluding carboxylic acids is 2. The van der Waals surface area contributed by atoms with Crippen LogP contribution < -0.4 is 10.6 Å². The lowest BCUT2D eigenvalue weighted by Gasteiger charge is -2.32. The normalized spacial score (nSPS) is 17.1. The minimum Gasteiger partial charge on any atom is -0.351 e. The van der Waals surface area contributed by atoms with Crippen molar-refractivity contribution in [3.8, 4) is 0 Å². The van der Waals surface area contributed by atoms with Gasteiger partial charge in [0.25, 0.3) is 5.91 Å². The fourth-order valence-corrected chi connectivity index (χ4v) is 5.32. The molecule has 0 spiro atoms. The van der Waals surface area contributed by atoms with Crippen LogP contribution in [0.3, 0.4) is 0 Å². The third-order valence-electron chi connectivity index (χ3n) is 5.44. The van der Waals surface area contributed by atoms with Gasteiger partial charge < -0.3 is 15.6 Å². The number of amides is 2. The van der Waals surface area contributed by atoms with Crippen LogP contribution in [0.5, 0.6) is 0 Å². The van der Waals surface area contributed by atoms with Crippen molar-refractivity contribution < 1.29 is 18.0 Å². The highest BCUT2D eigenvalue weighted by Crippen LogP contribution is 2.23. The van der Waals surface area contributed by atoms with Gasteiger partial charge in [0, 0.05) is 35.7 Å². The molecule has 1 atom stereocenters. The number of carbonyl (C=O) groups is 2. The zero-order valence-electron chi connectivity index (χ0n) is 17.4. The largest absolute Gasteiger partial charge is 0.351 e. The SMILES string of the molecule is C=CC(=O)N[C@H]1CCCN(S(=O)(=O)c2ccc(NC(=O)c3cc4ccccc4[nH]3)cc2)C1. The minimum absolute atomic E-state index is 0.136. The molecule has 0 saturated carbocycles. The Morgan fingerprint density at radius 3 is 2.59 bits per heavy atom. The smallest absolute Gasteiger partial charge is 0.272 e. The number of fused-ring (bicyclic) bond motifs is 1. The number of nitrogens with zero attached hydrogens (tertiary/aromatic N) is 1.